The van der Waals surface area contributed by atoms with Gasteiger partial charge in [-0.15, -0.1) is 0 Å². The van der Waals surface area contributed by atoms with Crippen LogP contribution in [0, 0.1) is 0 Å². The minimum Gasteiger partial charge on any atom is -0.456 e. The number of hydrogen-bond acceptors (Lipinski definition) is 2. The molecule has 11 rings (SSSR count). The van der Waals surface area contributed by atoms with Gasteiger partial charge in [0, 0.05) is 27.3 Å². The Labute approximate surface area is 287 Å². The summed E-state index contributed by atoms with van der Waals surface area (Å²) in [5, 5.41) is 11.0. The molecule has 2 heteroatoms. The van der Waals surface area contributed by atoms with Gasteiger partial charge < -0.3 is 8.83 Å². The second kappa shape index (κ2) is 10.4. The molecule has 0 fully saturated rings. The van der Waals surface area contributed by atoms with Crippen molar-refractivity contribution in [1.29, 1.82) is 0 Å². The summed E-state index contributed by atoms with van der Waals surface area (Å²) in [6, 6.07) is 60.7. The Balaban J connectivity index is 1.10. The average Bonchev–Trinajstić information content (AvgIpc) is 3.75. The van der Waals surface area contributed by atoms with E-state index in [1.165, 1.54) is 43.4 Å². The third kappa shape index (κ3) is 3.96. The van der Waals surface area contributed by atoms with Gasteiger partial charge in [-0.3, -0.25) is 0 Å². The summed E-state index contributed by atoms with van der Waals surface area (Å²) in [6.07, 6.45) is 0. The number of para-hydroxylation sites is 1. The minimum absolute atomic E-state index is 0.883. The summed E-state index contributed by atoms with van der Waals surface area (Å²) in [6.45, 7) is 0. The molecule has 0 atom stereocenters. The zero-order valence-corrected chi connectivity index (χ0v) is 27.0. The van der Waals surface area contributed by atoms with Crippen molar-refractivity contribution >= 4 is 65.2 Å². The highest BCUT2D eigenvalue weighted by atomic mass is 16.3. The lowest BCUT2D eigenvalue weighted by Crippen LogP contribution is -1.89. The molecule has 232 valence electrons. The Morgan fingerprint density at radius 3 is 1.46 bits per heavy atom. The van der Waals surface area contributed by atoms with E-state index in [1.807, 2.05) is 18.2 Å². The molecule has 0 saturated heterocycles. The lowest BCUT2D eigenvalue weighted by molar-refractivity contribution is 0.632. The van der Waals surface area contributed by atoms with E-state index >= 15 is 0 Å². The first kappa shape index (κ1) is 27.3. The Bertz CT molecular complexity index is 3070. The van der Waals surface area contributed by atoms with Crippen LogP contribution in [0.4, 0.5) is 0 Å². The van der Waals surface area contributed by atoms with Gasteiger partial charge in [0.25, 0.3) is 0 Å². The maximum Gasteiger partial charge on any atom is 0.143 e. The Hall–Kier alpha value is -6.64. The topological polar surface area (TPSA) is 26.3 Å². The Morgan fingerprint density at radius 1 is 0.300 bits per heavy atom. The number of furan rings is 2. The maximum atomic E-state index is 6.73. The normalized spacial score (nSPS) is 12.0. The van der Waals surface area contributed by atoms with Gasteiger partial charge in [0.15, 0.2) is 0 Å². The molecule has 0 bridgehead atoms. The van der Waals surface area contributed by atoms with Gasteiger partial charge in [0.2, 0.25) is 0 Å². The van der Waals surface area contributed by atoms with E-state index in [2.05, 4.69) is 152 Å². The van der Waals surface area contributed by atoms with Crippen LogP contribution in [0.3, 0.4) is 0 Å². The second-order valence-electron chi connectivity index (χ2n) is 13.2. The molecular weight excluding hydrogens is 609 g/mol. The van der Waals surface area contributed by atoms with Gasteiger partial charge in [-0.25, -0.2) is 0 Å². The molecule has 0 amide bonds. The van der Waals surface area contributed by atoms with Crippen LogP contribution in [-0.4, -0.2) is 0 Å². The quantitative estimate of drug-likeness (QED) is 0.180. The van der Waals surface area contributed by atoms with Crippen molar-refractivity contribution in [3.63, 3.8) is 0 Å². The number of fused-ring (bicyclic) bond motifs is 4. The van der Waals surface area contributed by atoms with Crippen LogP contribution in [0.5, 0.6) is 0 Å². The molecule has 2 aromatic heterocycles. The van der Waals surface area contributed by atoms with Gasteiger partial charge in [-0.05, 0) is 90.5 Å². The smallest absolute Gasteiger partial charge is 0.143 e. The van der Waals surface area contributed by atoms with Crippen molar-refractivity contribution in [1.82, 2.24) is 0 Å². The lowest BCUT2D eigenvalue weighted by Gasteiger charge is -2.16. The molecule has 0 unspecified atom stereocenters. The van der Waals surface area contributed by atoms with E-state index in [-0.39, 0.29) is 0 Å². The van der Waals surface area contributed by atoms with Crippen molar-refractivity contribution < 1.29 is 8.83 Å². The first-order chi connectivity index (χ1) is 24.8. The zero-order valence-electron chi connectivity index (χ0n) is 27.0. The molecule has 9 aromatic carbocycles. The fraction of sp³-hybridized carbons (Fsp3) is 0. The van der Waals surface area contributed by atoms with Crippen LogP contribution in [0.15, 0.2) is 179 Å². The van der Waals surface area contributed by atoms with Crippen molar-refractivity contribution in [2.75, 3.05) is 0 Å². The van der Waals surface area contributed by atoms with E-state index < -0.39 is 0 Å². The first-order valence-electron chi connectivity index (χ1n) is 17.1. The van der Waals surface area contributed by atoms with Gasteiger partial charge in [0.1, 0.15) is 22.5 Å². The van der Waals surface area contributed by atoms with Crippen LogP contribution in [0.2, 0.25) is 0 Å². The molecule has 0 aliphatic heterocycles. The summed E-state index contributed by atoms with van der Waals surface area (Å²) in [4.78, 5) is 0. The van der Waals surface area contributed by atoms with E-state index in [9.17, 15) is 0 Å². The van der Waals surface area contributed by atoms with Crippen LogP contribution in [0.1, 0.15) is 0 Å². The highest BCUT2D eigenvalue weighted by Gasteiger charge is 2.20. The standard InChI is InChI=1S/C48H28O2/c1-3-9-29(10-4-1)47-41-26-20-34(28-44(41)50-48(47)32-11-5-2-6-12-32)36-22-16-31-17-24-39-35(21-15-30-18-25-40(36)46(31)45(30)39)33-19-23-38-37-13-7-8-14-42(37)49-43(38)27-33/h1-28H. The highest BCUT2D eigenvalue weighted by Crippen LogP contribution is 2.45. The monoisotopic (exact) mass is 636 g/mol. The summed E-state index contributed by atoms with van der Waals surface area (Å²) in [7, 11) is 0. The zero-order chi connectivity index (χ0) is 32.8. The van der Waals surface area contributed by atoms with Gasteiger partial charge >= 0.3 is 0 Å². The molecule has 2 heterocycles. The molecule has 0 radical (unpaired) electrons. The molecule has 11 aromatic rings. The second-order valence-corrected chi connectivity index (χ2v) is 13.2. The van der Waals surface area contributed by atoms with Crippen molar-refractivity contribution in [2.24, 2.45) is 0 Å². The molecule has 0 saturated carbocycles. The third-order valence-corrected chi connectivity index (χ3v) is 10.5. The Kier molecular flexibility index (Phi) is 5.70. The number of hydrogen-bond donors (Lipinski definition) is 0. The van der Waals surface area contributed by atoms with E-state index in [1.54, 1.807) is 0 Å². The van der Waals surface area contributed by atoms with Crippen LogP contribution in [0.25, 0.3) is 110 Å². The predicted molar refractivity (Wildman–Crippen MR) is 209 cm³/mol. The maximum absolute atomic E-state index is 6.73. The summed E-state index contributed by atoms with van der Waals surface area (Å²) < 4.78 is 13.0. The average molecular weight is 637 g/mol. The number of rotatable bonds is 4. The molecule has 50 heavy (non-hydrogen) atoms. The van der Waals surface area contributed by atoms with E-state index in [4.69, 9.17) is 8.83 Å². The van der Waals surface area contributed by atoms with Crippen LogP contribution in [-0.2, 0) is 0 Å². The van der Waals surface area contributed by atoms with Crippen molar-refractivity contribution in [3.8, 4) is 44.7 Å². The predicted octanol–water partition coefficient (Wildman–Crippen LogP) is 13.9. The Morgan fingerprint density at radius 2 is 0.800 bits per heavy atom. The van der Waals surface area contributed by atoms with Crippen molar-refractivity contribution in [2.45, 2.75) is 0 Å². The summed E-state index contributed by atoms with van der Waals surface area (Å²) in [5.41, 5.74) is 10.8. The first-order valence-corrected chi connectivity index (χ1v) is 17.1. The SMILES string of the molecule is c1ccc(-c2oc3cc(-c4ccc5ccc6c(-c7ccc8c(c7)oc7ccccc78)ccc7ccc4c5c76)ccc3c2-c2ccccc2)cc1. The fourth-order valence-corrected chi connectivity index (χ4v) is 8.15. The third-order valence-electron chi connectivity index (χ3n) is 10.5. The molecule has 0 aliphatic rings. The highest BCUT2D eigenvalue weighted by molar-refractivity contribution is 6.28. The largest absolute Gasteiger partial charge is 0.456 e. The fourth-order valence-electron chi connectivity index (χ4n) is 8.15. The van der Waals surface area contributed by atoms with Gasteiger partial charge in [-0.1, -0.05) is 140 Å². The van der Waals surface area contributed by atoms with E-state index in [0.29, 0.717) is 0 Å². The molecule has 0 spiro atoms. The lowest BCUT2D eigenvalue weighted by atomic mass is 9.87. The summed E-state index contributed by atoms with van der Waals surface area (Å²) in [5.74, 6) is 0.896. The van der Waals surface area contributed by atoms with Gasteiger partial charge in [0.05, 0.1) is 0 Å². The minimum atomic E-state index is 0.883. The van der Waals surface area contributed by atoms with E-state index in [0.717, 1.165) is 66.5 Å². The summed E-state index contributed by atoms with van der Waals surface area (Å²) >= 11 is 0. The van der Waals surface area contributed by atoms with Crippen molar-refractivity contribution in [3.05, 3.63) is 170 Å². The number of benzene rings is 9. The molecule has 2 nitrogen and oxygen atoms in total. The molecule has 0 N–H and O–H groups in total. The van der Waals surface area contributed by atoms with Gasteiger partial charge in [-0.2, -0.15) is 0 Å². The molecular formula is C48H28O2. The van der Waals surface area contributed by atoms with Crippen LogP contribution >= 0.6 is 0 Å². The van der Waals surface area contributed by atoms with Crippen LogP contribution < -0.4 is 0 Å². The molecule has 0 aliphatic carbocycles.